The maximum Gasteiger partial charge on any atom is 0.335 e. The van der Waals surface area contributed by atoms with Crippen molar-refractivity contribution < 1.29 is 18.3 Å². The van der Waals surface area contributed by atoms with Crippen molar-refractivity contribution >= 4 is 27.5 Å². The molecule has 0 fully saturated rings. The molecule has 3 aromatic rings. The maximum atomic E-state index is 12.6. The molecule has 0 spiro atoms. The van der Waals surface area contributed by atoms with Crippen molar-refractivity contribution in [1.29, 1.82) is 0 Å². The highest BCUT2D eigenvalue weighted by atomic mass is 32.2. The number of hydrogen-bond donors (Lipinski definition) is 2. The van der Waals surface area contributed by atoms with Gasteiger partial charge < -0.3 is 10.4 Å². The van der Waals surface area contributed by atoms with Gasteiger partial charge in [-0.1, -0.05) is 48.5 Å². The molecule has 0 heterocycles. The van der Waals surface area contributed by atoms with Crippen LogP contribution < -0.4 is 5.32 Å². The summed E-state index contributed by atoms with van der Waals surface area (Å²) in [6.45, 7) is 0. The molecule has 0 aromatic heterocycles. The number of amidine groups is 1. The van der Waals surface area contributed by atoms with E-state index in [4.69, 9.17) is 5.11 Å². The van der Waals surface area contributed by atoms with Gasteiger partial charge in [0.1, 0.15) is 0 Å². The molecule has 0 unspecified atom stereocenters. The molecule has 3 rings (SSSR count). The Kier molecular flexibility index (Phi) is 5.33. The molecule has 2 N–H and O–H groups in total. The van der Waals surface area contributed by atoms with Crippen molar-refractivity contribution in [2.45, 2.75) is 4.90 Å². The minimum absolute atomic E-state index is 0.0847. The van der Waals surface area contributed by atoms with E-state index >= 15 is 0 Å². The number of carbonyl (C=O) groups is 1. The highest BCUT2D eigenvalue weighted by Gasteiger charge is 2.15. The second kappa shape index (κ2) is 7.84. The summed E-state index contributed by atoms with van der Waals surface area (Å²) in [5, 5.41) is 12.0. The predicted molar refractivity (Wildman–Crippen MR) is 104 cm³/mol. The standard InChI is InChI=1S/C20H16N2O4S/c23-20(24)16-11-13-17(14-12-16)21-19(15-7-3-1-4-8-15)22-27(25,26)18-9-5-2-6-10-18/h1-14H,(H,21,22)(H,23,24). The molecule has 0 aliphatic rings. The Balaban J connectivity index is 2.01. The minimum atomic E-state index is -3.92. The topological polar surface area (TPSA) is 95.8 Å². The van der Waals surface area contributed by atoms with Crippen LogP contribution in [0.1, 0.15) is 15.9 Å². The maximum absolute atomic E-state index is 12.6. The summed E-state index contributed by atoms with van der Waals surface area (Å²) in [5.41, 5.74) is 1.24. The fourth-order valence-electron chi connectivity index (χ4n) is 2.34. The van der Waals surface area contributed by atoms with Gasteiger partial charge in [0.05, 0.1) is 10.5 Å². The summed E-state index contributed by atoms with van der Waals surface area (Å²) in [6.07, 6.45) is 0. The SMILES string of the molecule is O=C(O)c1ccc(N/C(=N/S(=O)(=O)c2ccccc2)c2ccccc2)cc1. The molecule has 0 radical (unpaired) electrons. The second-order valence-corrected chi connectivity index (χ2v) is 7.21. The van der Waals surface area contributed by atoms with Crippen LogP contribution in [0, 0.1) is 0 Å². The highest BCUT2D eigenvalue weighted by Crippen LogP contribution is 2.16. The molecule has 0 aliphatic carbocycles. The predicted octanol–water partition coefficient (Wildman–Crippen LogP) is 3.63. The number of benzene rings is 3. The smallest absolute Gasteiger partial charge is 0.335 e. The van der Waals surface area contributed by atoms with Gasteiger partial charge in [-0.2, -0.15) is 8.42 Å². The summed E-state index contributed by atoms with van der Waals surface area (Å²) >= 11 is 0. The Labute approximate surface area is 156 Å². The van der Waals surface area contributed by atoms with E-state index in [2.05, 4.69) is 9.71 Å². The molecule has 0 saturated carbocycles. The van der Waals surface area contributed by atoms with Gasteiger partial charge in [0, 0.05) is 11.3 Å². The van der Waals surface area contributed by atoms with Crippen molar-refractivity contribution in [2.75, 3.05) is 5.32 Å². The fourth-order valence-corrected chi connectivity index (χ4v) is 3.34. The molecule has 0 aliphatic heterocycles. The van der Waals surface area contributed by atoms with Crippen LogP contribution in [0.5, 0.6) is 0 Å². The van der Waals surface area contributed by atoms with Crippen LogP contribution in [0.15, 0.2) is 94.2 Å². The van der Waals surface area contributed by atoms with Crippen molar-refractivity contribution in [3.63, 3.8) is 0 Å². The van der Waals surface area contributed by atoms with Crippen molar-refractivity contribution in [3.8, 4) is 0 Å². The summed E-state index contributed by atoms with van der Waals surface area (Å²) in [5.74, 6) is -0.896. The molecular weight excluding hydrogens is 364 g/mol. The lowest BCUT2D eigenvalue weighted by molar-refractivity contribution is 0.0697. The number of anilines is 1. The summed E-state index contributed by atoms with van der Waals surface area (Å²) in [4.78, 5) is 11.1. The lowest BCUT2D eigenvalue weighted by Crippen LogP contribution is -2.16. The fraction of sp³-hybridized carbons (Fsp3) is 0. The van der Waals surface area contributed by atoms with Crippen LogP contribution in [-0.2, 0) is 10.0 Å². The number of nitrogens with zero attached hydrogens (tertiary/aromatic N) is 1. The number of sulfonamides is 1. The number of hydrogen-bond acceptors (Lipinski definition) is 3. The monoisotopic (exact) mass is 380 g/mol. The third-order valence-corrected chi connectivity index (χ3v) is 4.99. The summed E-state index contributed by atoms with van der Waals surface area (Å²) in [6, 6.07) is 22.7. The molecule has 0 amide bonds. The molecule has 136 valence electrons. The molecule has 6 nitrogen and oxygen atoms in total. The lowest BCUT2D eigenvalue weighted by atomic mass is 10.2. The van der Waals surface area contributed by atoms with Gasteiger partial charge in [0.15, 0.2) is 5.84 Å². The van der Waals surface area contributed by atoms with Crippen LogP contribution in [0.4, 0.5) is 5.69 Å². The van der Waals surface area contributed by atoms with Gasteiger partial charge in [-0.05, 0) is 36.4 Å². The van der Waals surface area contributed by atoms with E-state index in [0.717, 1.165) is 0 Å². The van der Waals surface area contributed by atoms with E-state index < -0.39 is 16.0 Å². The van der Waals surface area contributed by atoms with E-state index in [1.807, 2.05) is 6.07 Å². The van der Waals surface area contributed by atoms with E-state index in [1.54, 1.807) is 54.6 Å². The highest BCUT2D eigenvalue weighted by molar-refractivity contribution is 7.90. The Bertz CT molecular complexity index is 1060. The van der Waals surface area contributed by atoms with E-state index in [-0.39, 0.29) is 16.3 Å². The zero-order valence-corrected chi connectivity index (χ0v) is 14.9. The largest absolute Gasteiger partial charge is 0.478 e. The molecule has 3 aromatic carbocycles. The lowest BCUT2D eigenvalue weighted by Gasteiger charge is -2.11. The summed E-state index contributed by atoms with van der Waals surface area (Å²) < 4.78 is 29.3. The van der Waals surface area contributed by atoms with Gasteiger partial charge in [0.25, 0.3) is 10.0 Å². The first-order valence-electron chi connectivity index (χ1n) is 8.01. The van der Waals surface area contributed by atoms with Crippen molar-refractivity contribution in [3.05, 3.63) is 96.1 Å². The molecule has 0 bridgehead atoms. The Hall–Kier alpha value is -3.45. The third-order valence-electron chi connectivity index (χ3n) is 3.69. The van der Waals surface area contributed by atoms with Gasteiger partial charge in [-0.25, -0.2) is 4.79 Å². The van der Waals surface area contributed by atoms with Crippen LogP contribution in [-0.4, -0.2) is 25.3 Å². The molecule has 0 atom stereocenters. The van der Waals surface area contributed by atoms with E-state index in [0.29, 0.717) is 11.3 Å². The van der Waals surface area contributed by atoms with Crippen LogP contribution in [0.2, 0.25) is 0 Å². The number of carboxylic acid groups (broad SMARTS) is 1. The number of nitrogens with one attached hydrogen (secondary N) is 1. The van der Waals surface area contributed by atoms with Crippen LogP contribution in [0.25, 0.3) is 0 Å². The van der Waals surface area contributed by atoms with Gasteiger partial charge in [0.2, 0.25) is 0 Å². The van der Waals surface area contributed by atoms with Gasteiger partial charge >= 0.3 is 5.97 Å². The van der Waals surface area contributed by atoms with Gasteiger partial charge in [-0.15, -0.1) is 4.40 Å². The van der Waals surface area contributed by atoms with Crippen molar-refractivity contribution in [2.24, 2.45) is 4.40 Å². The first-order chi connectivity index (χ1) is 13.0. The zero-order valence-electron chi connectivity index (χ0n) is 14.1. The number of aromatic carboxylic acids is 1. The average molecular weight is 380 g/mol. The molecule has 27 heavy (non-hydrogen) atoms. The normalized spacial score (nSPS) is 11.8. The first-order valence-corrected chi connectivity index (χ1v) is 9.45. The van der Waals surface area contributed by atoms with Crippen molar-refractivity contribution in [1.82, 2.24) is 0 Å². The molecule has 7 heteroatoms. The Morgan fingerprint density at radius 3 is 1.89 bits per heavy atom. The first kappa shape index (κ1) is 18.3. The third kappa shape index (κ3) is 4.59. The molecule has 0 saturated heterocycles. The van der Waals surface area contributed by atoms with Crippen LogP contribution >= 0.6 is 0 Å². The van der Waals surface area contributed by atoms with Gasteiger partial charge in [-0.3, -0.25) is 0 Å². The number of rotatable bonds is 5. The number of carboxylic acids is 1. The minimum Gasteiger partial charge on any atom is -0.478 e. The Morgan fingerprint density at radius 1 is 0.778 bits per heavy atom. The summed E-state index contributed by atoms with van der Waals surface area (Å²) in [7, 11) is -3.92. The van der Waals surface area contributed by atoms with E-state index in [1.165, 1.54) is 24.3 Å². The van der Waals surface area contributed by atoms with E-state index in [9.17, 15) is 13.2 Å². The molecular formula is C20H16N2O4S. The second-order valence-electron chi connectivity index (χ2n) is 5.60. The quantitative estimate of drug-likeness (QED) is 0.520. The zero-order chi connectivity index (χ0) is 19.3. The van der Waals surface area contributed by atoms with Crippen LogP contribution in [0.3, 0.4) is 0 Å². The Morgan fingerprint density at radius 2 is 1.33 bits per heavy atom. The average Bonchev–Trinajstić information content (AvgIpc) is 2.69.